The molecule has 0 saturated carbocycles. The quantitative estimate of drug-likeness (QED) is 0.527. The Labute approximate surface area is 182 Å². The summed E-state index contributed by atoms with van der Waals surface area (Å²) < 4.78 is 15.6. The van der Waals surface area contributed by atoms with Gasteiger partial charge in [-0.3, -0.25) is 4.79 Å². The van der Waals surface area contributed by atoms with Crippen molar-refractivity contribution >= 4 is 34.8 Å². The summed E-state index contributed by atoms with van der Waals surface area (Å²) in [5, 5.41) is 5.50. The van der Waals surface area contributed by atoms with E-state index in [4.69, 9.17) is 25.8 Å². The molecule has 7 nitrogen and oxygen atoms in total. The van der Waals surface area contributed by atoms with Gasteiger partial charge < -0.3 is 19.5 Å². The second-order valence-electron chi connectivity index (χ2n) is 6.09. The Morgan fingerprint density at radius 2 is 1.80 bits per heavy atom. The van der Waals surface area contributed by atoms with E-state index in [9.17, 15) is 9.59 Å². The molecular weight excluding hydrogens is 428 g/mol. The van der Waals surface area contributed by atoms with Gasteiger partial charge in [-0.15, -0.1) is 11.3 Å². The molecule has 9 heteroatoms. The Morgan fingerprint density at radius 3 is 2.50 bits per heavy atom. The van der Waals surface area contributed by atoms with E-state index in [1.807, 2.05) is 6.07 Å². The molecule has 156 valence electrons. The lowest BCUT2D eigenvalue weighted by atomic mass is 10.2. The van der Waals surface area contributed by atoms with E-state index in [2.05, 4.69) is 10.3 Å². The number of carbonyl (C=O) groups excluding carboxylic acids is 2. The van der Waals surface area contributed by atoms with Crippen molar-refractivity contribution in [2.75, 3.05) is 20.8 Å². The van der Waals surface area contributed by atoms with Crippen LogP contribution in [0.5, 0.6) is 11.5 Å². The van der Waals surface area contributed by atoms with Gasteiger partial charge in [0.1, 0.15) is 5.01 Å². The first-order chi connectivity index (χ1) is 14.5. The van der Waals surface area contributed by atoms with E-state index >= 15 is 0 Å². The van der Waals surface area contributed by atoms with Gasteiger partial charge in [-0.1, -0.05) is 23.7 Å². The number of nitrogens with zero attached hydrogens (tertiary/aromatic N) is 1. The lowest BCUT2D eigenvalue weighted by Gasteiger charge is -2.08. The maximum absolute atomic E-state index is 12.2. The third-order valence-electron chi connectivity index (χ3n) is 4.08. The zero-order chi connectivity index (χ0) is 21.5. The molecule has 0 fully saturated rings. The molecule has 1 heterocycles. The molecule has 0 saturated heterocycles. The van der Waals surface area contributed by atoms with Crippen LogP contribution >= 0.6 is 22.9 Å². The normalized spacial score (nSPS) is 10.4. The predicted octanol–water partition coefficient (Wildman–Crippen LogP) is 3.95. The lowest BCUT2D eigenvalue weighted by Crippen LogP contribution is -2.28. The van der Waals surface area contributed by atoms with E-state index in [0.717, 1.165) is 11.1 Å². The van der Waals surface area contributed by atoms with Crippen LogP contribution in [-0.2, 0) is 16.1 Å². The van der Waals surface area contributed by atoms with Gasteiger partial charge in [0.15, 0.2) is 23.8 Å². The Kier molecular flexibility index (Phi) is 7.26. The number of esters is 1. The number of hydrogen-bond acceptors (Lipinski definition) is 7. The number of aromatic nitrogens is 1. The number of rotatable bonds is 8. The molecule has 0 aliphatic heterocycles. The number of thiazole rings is 1. The number of halogens is 1. The molecule has 3 aromatic rings. The van der Waals surface area contributed by atoms with Crippen molar-refractivity contribution in [3.63, 3.8) is 0 Å². The van der Waals surface area contributed by atoms with Crippen molar-refractivity contribution in [3.8, 4) is 22.1 Å². The van der Waals surface area contributed by atoms with Crippen molar-refractivity contribution in [2.45, 2.75) is 6.54 Å². The van der Waals surface area contributed by atoms with Crippen LogP contribution in [0.15, 0.2) is 47.8 Å². The molecular formula is C21H19ClN2O5S. The minimum atomic E-state index is -0.667. The summed E-state index contributed by atoms with van der Waals surface area (Å²) >= 11 is 7.11. The van der Waals surface area contributed by atoms with Gasteiger partial charge in [0.05, 0.1) is 14.2 Å². The second-order valence-corrected chi connectivity index (χ2v) is 7.38. The average Bonchev–Trinajstić information content (AvgIpc) is 3.27. The van der Waals surface area contributed by atoms with Gasteiger partial charge in [-0.05, 0) is 35.9 Å². The summed E-state index contributed by atoms with van der Waals surface area (Å²) in [7, 11) is 3.10. The number of amides is 1. The molecule has 0 atom stereocenters. The van der Waals surface area contributed by atoms with Crippen LogP contribution in [-0.4, -0.2) is 37.7 Å². The van der Waals surface area contributed by atoms with Crippen LogP contribution in [0.1, 0.15) is 16.1 Å². The summed E-state index contributed by atoms with van der Waals surface area (Å²) in [6.07, 6.45) is 0. The number of methoxy groups -OCH3 is 2. The van der Waals surface area contributed by atoms with Gasteiger partial charge >= 0.3 is 5.97 Å². The molecule has 3 rings (SSSR count). The summed E-state index contributed by atoms with van der Waals surface area (Å²) in [4.78, 5) is 28.4. The number of ether oxygens (including phenoxy) is 3. The zero-order valence-corrected chi connectivity index (χ0v) is 17.9. The molecule has 1 N–H and O–H groups in total. The van der Waals surface area contributed by atoms with E-state index in [0.29, 0.717) is 28.1 Å². The van der Waals surface area contributed by atoms with E-state index < -0.39 is 18.5 Å². The number of nitrogens with one attached hydrogen (secondary N) is 1. The molecule has 0 spiro atoms. The fourth-order valence-corrected chi connectivity index (χ4v) is 3.44. The van der Waals surface area contributed by atoms with E-state index in [-0.39, 0.29) is 5.69 Å². The molecule has 1 amide bonds. The fraction of sp³-hybridized carbons (Fsp3) is 0.190. The summed E-state index contributed by atoms with van der Waals surface area (Å²) in [5.41, 5.74) is 1.80. The van der Waals surface area contributed by atoms with Gasteiger partial charge in [0, 0.05) is 22.5 Å². The van der Waals surface area contributed by atoms with Crippen molar-refractivity contribution in [2.24, 2.45) is 0 Å². The third-order valence-corrected chi connectivity index (χ3v) is 5.22. The lowest BCUT2D eigenvalue weighted by molar-refractivity contribution is -0.124. The number of benzene rings is 2. The summed E-state index contributed by atoms with van der Waals surface area (Å²) in [6.45, 7) is -0.0800. The van der Waals surface area contributed by atoms with Crippen molar-refractivity contribution < 1.29 is 23.8 Å². The van der Waals surface area contributed by atoms with E-state index in [1.165, 1.54) is 11.3 Å². The molecule has 0 bridgehead atoms. The van der Waals surface area contributed by atoms with Crippen molar-refractivity contribution in [1.82, 2.24) is 10.3 Å². The van der Waals surface area contributed by atoms with Gasteiger partial charge in [-0.25, -0.2) is 9.78 Å². The maximum atomic E-state index is 12.2. The molecule has 0 unspecified atom stereocenters. The Morgan fingerprint density at radius 1 is 1.07 bits per heavy atom. The smallest absolute Gasteiger partial charge is 0.358 e. The summed E-state index contributed by atoms with van der Waals surface area (Å²) in [6, 6.07) is 12.4. The Hall–Kier alpha value is -3.10. The molecule has 2 aromatic carbocycles. The molecule has 0 aliphatic rings. The number of carbonyl (C=O) groups is 2. The average molecular weight is 447 g/mol. The fourth-order valence-electron chi connectivity index (χ4n) is 2.53. The van der Waals surface area contributed by atoms with Crippen LogP contribution in [0.4, 0.5) is 0 Å². The van der Waals surface area contributed by atoms with Crippen LogP contribution in [0.25, 0.3) is 10.6 Å². The highest BCUT2D eigenvalue weighted by Crippen LogP contribution is 2.33. The van der Waals surface area contributed by atoms with Crippen molar-refractivity contribution in [1.29, 1.82) is 0 Å². The molecule has 0 radical (unpaired) electrons. The summed E-state index contributed by atoms with van der Waals surface area (Å²) in [5.74, 6) is 0.0852. The first-order valence-corrected chi connectivity index (χ1v) is 10.1. The first kappa shape index (κ1) is 21.6. The third kappa shape index (κ3) is 5.49. The first-order valence-electron chi connectivity index (χ1n) is 8.86. The molecule has 0 aliphatic carbocycles. The second kappa shape index (κ2) is 10.1. The predicted molar refractivity (Wildman–Crippen MR) is 114 cm³/mol. The molecule has 30 heavy (non-hydrogen) atoms. The number of hydrogen-bond donors (Lipinski definition) is 1. The van der Waals surface area contributed by atoms with E-state index in [1.54, 1.807) is 56.0 Å². The minimum Gasteiger partial charge on any atom is -0.493 e. The Balaban J connectivity index is 1.54. The highest BCUT2D eigenvalue weighted by Gasteiger charge is 2.16. The van der Waals surface area contributed by atoms with Crippen LogP contribution < -0.4 is 14.8 Å². The highest BCUT2D eigenvalue weighted by atomic mass is 35.5. The SMILES string of the molecule is COc1ccc(-c2nc(C(=O)OCC(=O)NCc3ccc(Cl)cc3)cs2)cc1OC. The van der Waals surface area contributed by atoms with Gasteiger partial charge in [0.2, 0.25) is 0 Å². The minimum absolute atomic E-state index is 0.135. The Bertz CT molecular complexity index is 1040. The largest absolute Gasteiger partial charge is 0.493 e. The van der Waals surface area contributed by atoms with Crippen LogP contribution in [0.2, 0.25) is 5.02 Å². The van der Waals surface area contributed by atoms with Crippen LogP contribution in [0, 0.1) is 0 Å². The van der Waals surface area contributed by atoms with Gasteiger partial charge in [-0.2, -0.15) is 0 Å². The zero-order valence-electron chi connectivity index (χ0n) is 16.3. The molecule has 1 aromatic heterocycles. The van der Waals surface area contributed by atoms with Gasteiger partial charge in [0.25, 0.3) is 5.91 Å². The topological polar surface area (TPSA) is 86.8 Å². The highest BCUT2D eigenvalue weighted by molar-refractivity contribution is 7.13. The monoisotopic (exact) mass is 446 g/mol. The standard InChI is InChI=1S/C21H19ClN2O5S/c1-27-17-8-5-14(9-18(17)28-2)20-24-16(12-30-20)21(26)29-11-19(25)23-10-13-3-6-15(22)7-4-13/h3-9,12H,10-11H2,1-2H3,(H,23,25). The van der Waals surface area contributed by atoms with Crippen LogP contribution in [0.3, 0.4) is 0 Å². The maximum Gasteiger partial charge on any atom is 0.358 e. The van der Waals surface area contributed by atoms with Crippen molar-refractivity contribution in [3.05, 3.63) is 64.1 Å².